The normalized spacial score (nSPS) is 12.2. The van der Waals surface area contributed by atoms with Crippen LogP contribution < -0.4 is 0 Å². The Labute approximate surface area is 164 Å². The second kappa shape index (κ2) is 9.67. The van der Waals surface area contributed by atoms with Gasteiger partial charge in [-0.1, -0.05) is 39.5 Å². The summed E-state index contributed by atoms with van der Waals surface area (Å²) in [4.78, 5) is 28.0. The summed E-state index contributed by atoms with van der Waals surface area (Å²) in [7, 11) is 0. The molecule has 0 N–H and O–H groups in total. The van der Waals surface area contributed by atoms with Gasteiger partial charge in [0.25, 0.3) is 6.43 Å². The van der Waals surface area contributed by atoms with E-state index in [0.29, 0.717) is 11.8 Å². The SMILES string of the molecule is CCOC(=O)c1c(C(F)(F)F)nc(C(F)F)c(C(=O)SC(C)C)c1CC(C)C. The highest BCUT2D eigenvalue weighted by Gasteiger charge is 2.43. The van der Waals surface area contributed by atoms with Crippen LogP contribution in [0.5, 0.6) is 0 Å². The molecule has 158 valence electrons. The van der Waals surface area contributed by atoms with Gasteiger partial charge in [-0.15, -0.1) is 0 Å². The molecule has 0 atom stereocenters. The van der Waals surface area contributed by atoms with E-state index in [9.17, 15) is 31.5 Å². The number of ether oxygens (including phenoxy) is 1. The Bertz CT molecular complexity index is 733. The quantitative estimate of drug-likeness (QED) is 0.413. The van der Waals surface area contributed by atoms with Crippen molar-refractivity contribution in [3.05, 3.63) is 28.1 Å². The van der Waals surface area contributed by atoms with Crippen molar-refractivity contribution in [1.82, 2.24) is 4.98 Å². The summed E-state index contributed by atoms with van der Waals surface area (Å²) in [5.41, 5.74) is -5.04. The van der Waals surface area contributed by atoms with Gasteiger partial charge in [0.1, 0.15) is 5.69 Å². The van der Waals surface area contributed by atoms with Crippen LogP contribution in [0.3, 0.4) is 0 Å². The standard InChI is InChI=1S/C18H22F5NO3S/c1-6-27-16(25)12-10(7-8(2)3)11(17(26)28-9(4)5)13(15(19)20)24-14(12)18(21,22)23/h8-9,15H,6-7H2,1-5H3. The molecule has 1 rings (SSSR count). The summed E-state index contributed by atoms with van der Waals surface area (Å²) >= 11 is 0.682. The third-order valence-corrected chi connectivity index (χ3v) is 4.33. The molecule has 4 nitrogen and oxygen atoms in total. The van der Waals surface area contributed by atoms with E-state index in [1.165, 1.54) is 6.92 Å². The number of rotatable bonds is 7. The minimum atomic E-state index is -5.18. The number of hydrogen-bond donors (Lipinski definition) is 0. The molecular weight excluding hydrogens is 405 g/mol. The number of nitrogens with zero attached hydrogens (tertiary/aromatic N) is 1. The lowest BCUT2D eigenvalue weighted by Gasteiger charge is -2.22. The summed E-state index contributed by atoms with van der Waals surface area (Å²) in [5, 5.41) is -1.16. The van der Waals surface area contributed by atoms with Gasteiger partial charge in [-0.05, 0) is 24.8 Å². The van der Waals surface area contributed by atoms with E-state index < -0.39 is 51.8 Å². The molecule has 0 fully saturated rings. The number of hydrogen-bond acceptors (Lipinski definition) is 5. The van der Waals surface area contributed by atoms with Crippen LogP contribution in [0.15, 0.2) is 0 Å². The summed E-state index contributed by atoms with van der Waals surface area (Å²) in [6.45, 7) is 7.71. The lowest BCUT2D eigenvalue weighted by molar-refractivity contribution is -0.142. The zero-order chi connectivity index (χ0) is 21.8. The molecule has 0 amide bonds. The zero-order valence-corrected chi connectivity index (χ0v) is 16.9. The molecule has 0 radical (unpaired) electrons. The van der Waals surface area contributed by atoms with Crippen molar-refractivity contribution in [2.75, 3.05) is 6.61 Å². The molecule has 0 aliphatic heterocycles. The van der Waals surface area contributed by atoms with Gasteiger partial charge in [-0.2, -0.15) is 13.2 Å². The summed E-state index contributed by atoms with van der Waals surface area (Å²) < 4.78 is 72.5. The first-order valence-corrected chi connectivity index (χ1v) is 9.49. The van der Waals surface area contributed by atoms with Crippen LogP contribution in [0, 0.1) is 5.92 Å². The average molecular weight is 427 g/mol. The minimum absolute atomic E-state index is 0.195. The molecule has 10 heteroatoms. The van der Waals surface area contributed by atoms with Gasteiger partial charge in [0.05, 0.1) is 17.7 Å². The van der Waals surface area contributed by atoms with Crippen LogP contribution in [0.4, 0.5) is 22.0 Å². The van der Waals surface area contributed by atoms with Crippen LogP contribution in [-0.4, -0.2) is 27.9 Å². The Hall–Kier alpha value is -1.71. The highest BCUT2D eigenvalue weighted by Crippen LogP contribution is 2.39. The third kappa shape index (κ3) is 5.89. The van der Waals surface area contributed by atoms with Crippen molar-refractivity contribution < 1.29 is 36.3 Å². The maximum atomic E-state index is 13.6. The predicted octanol–water partition coefficient (Wildman–Crippen LogP) is 5.70. The Balaban J connectivity index is 4.02. The third-order valence-electron chi connectivity index (χ3n) is 3.44. The van der Waals surface area contributed by atoms with Gasteiger partial charge in [0, 0.05) is 5.25 Å². The maximum absolute atomic E-state index is 13.6. The number of aromatic nitrogens is 1. The van der Waals surface area contributed by atoms with Gasteiger partial charge in [-0.3, -0.25) is 4.79 Å². The molecular formula is C18H22F5NO3S. The molecule has 0 aliphatic carbocycles. The van der Waals surface area contributed by atoms with E-state index in [1.54, 1.807) is 27.7 Å². The van der Waals surface area contributed by atoms with Crippen molar-refractivity contribution in [1.29, 1.82) is 0 Å². The molecule has 1 heterocycles. The Kier molecular flexibility index (Phi) is 8.40. The lowest BCUT2D eigenvalue weighted by atomic mass is 9.91. The summed E-state index contributed by atoms with van der Waals surface area (Å²) in [6.07, 6.45) is -8.79. The van der Waals surface area contributed by atoms with Gasteiger partial charge >= 0.3 is 12.1 Å². The van der Waals surface area contributed by atoms with E-state index in [4.69, 9.17) is 4.74 Å². The van der Waals surface area contributed by atoms with Crippen LogP contribution >= 0.6 is 11.8 Å². The average Bonchev–Trinajstić information content (AvgIpc) is 2.51. The fraction of sp³-hybridized carbons (Fsp3) is 0.611. The van der Waals surface area contributed by atoms with E-state index in [2.05, 4.69) is 4.98 Å². The van der Waals surface area contributed by atoms with Crippen molar-refractivity contribution in [3.8, 4) is 0 Å². The first kappa shape index (κ1) is 24.3. The molecule has 0 saturated heterocycles. The van der Waals surface area contributed by atoms with Crippen LogP contribution in [0.2, 0.25) is 0 Å². The van der Waals surface area contributed by atoms with Crippen molar-refractivity contribution in [2.24, 2.45) is 5.92 Å². The van der Waals surface area contributed by atoms with Crippen LogP contribution in [0.1, 0.15) is 78.7 Å². The van der Waals surface area contributed by atoms with Crippen molar-refractivity contribution in [3.63, 3.8) is 0 Å². The number of carbonyl (C=O) groups excluding carboxylic acids is 2. The molecule has 0 aliphatic rings. The minimum Gasteiger partial charge on any atom is -0.462 e. The van der Waals surface area contributed by atoms with Gasteiger partial charge in [-0.25, -0.2) is 18.6 Å². The number of carbonyl (C=O) groups is 2. The predicted molar refractivity (Wildman–Crippen MR) is 95.8 cm³/mol. The molecule has 1 aromatic rings. The number of pyridine rings is 1. The largest absolute Gasteiger partial charge is 0.462 e. The number of alkyl halides is 5. The lowest BCUT2D eigenvalue weighted by Crippen LogP contribution is -2.25. The number of esters is 1. The molecule has 0 spiro atoms. The highest BCUT2D eigenvalue weighted by molar-refractivity contribution is 8.14. The fourth-order valence-corrected chi connectivity index (χ4v) is 3.33. The first-order chi connectivity index (χ1) is 12.8. The molecule has 0 unspecified atom stereocenters. The second-order valence-electron chi connectivity index (χ2n) is 6.65. The van der Waals surface area contributed by atoms with Gasteiger partial charge in [0.15, 0.2) is 5.69 Å². The molecule has 0 aromatic carbocycles. The van der Waals surface area contributed by atoms with Gasteiger partial charge in [0.2, 0.25) is 5.12 Å². The first-order valence-electron chi connectivity index (χ1n) is 8.61. The zero-order valence-electron chi connectivity index (χ0n) is 16.1. The smallest absolute Gasteiger partial charge is 0.434 e. The Morgan fingerprint density at radius 1 is 1.11 bits per heavy atom. The fourth-order valence-electron chi connectivity index (χ4n) is 2.55. The second-order valence-corrected chi connectivity index (χ2v) is 8.19. The Morgan fingerprint density at radius 2 is 1.68 bits per heavy atom. The summed E-state index contributed by atoms with van der Waals surface area (Å²) in [6, 6.07) is 0. The molecule has 1 aromatic heterocycles. The maximum Gasteiger partial charge on any atom is 0.434 e. The molecule has 0 bridgehead atoms. The molecule has 28 heavy (non-hydrogen) atoms. The van der Waals surface area contributed by atoms with Gasteiger partial charge < -0.3 is 4.74 Å². The highest BCUT2D eigenvalue weighted by atomic mass is 32.2. The van der Waals surface area contributed by atoms with E-state index in [-0.39, 0.29) is 24.2 Å². The van der Waals surface area contributed by atoms with Crippen LogP contribution in [-0.2, 0) is 17.3 Å². The number of halogens is 5. The molecule has 0 saturated carbocycles. The van der Waals surface area contributed by atoms with E-state index in [0.717, 1.165) is 0 Å². The summed E-state index contributed by atoms with van der Waals surface area (Å²) in [5.74, 6) is -1.67. The van der Waals surface area contributed by atoms with Crippen molar-refractivity contribution >= 4 is 22.8 Å². The Morgan fingerprint density at radius 3 is 2.07 bits per heavy atom. The van der Waals surface area contributed by atoms with E-state index >= 15 is 0 Å². The number of thioether (sulfide) groups is 1. The van der Waals surface area contributed by atoms with E-state index in [1.807, 2.05) is 0 Å². The van der Waals surface area contributed by atoms with Crippen LogP contribution in [0.25, 0.3) is 0 Å². The van der Waals surface area contributed by atoms with Crippen molar-refractivity contribution in [2.45, 2.75) is 58.9 Å². The topological polar surface area (TPSA) is 56.3 Å². The monoisotopic (exact) mass is 427 g/mol.